The average Bonchev–Trinajstić information content (AvgIpc) is 3.25. The number of nitrogens with zero attached hydrogens (tertiary/aromatic N) is 4. The summed E-state index contributed by atoms with van der Waals surface area (Å²) in [7, 11) is 0. The minimum atomic E-state index is -4.82. The van der Waals surface area contributed by atoms with Crippen LogP contribution in [0.4, 0.5) is 35.4 Å². The number of benzene rings is 1. The first-order valence-corrected chi connectivity index (χ1v) is 13.6. The molecule has 1 unspecified atom stereocenters. The van der Waals surface area contributed by atoms with Gasteiger partial charge >= 0.3 is 12.5 Å². The Hall–Kier alpha value is -2.99. The lowest BCUT2D eigenvalue weighted by Gasteiger charge is -2.36. The van der Waals surface area contributed by atoms with Crippen molar-refractivity contribution in [2.24, 2.45) is 5.92 Å². The molecule has 1 aromatic carbocycles. The summed E-state index contributed by atoms with van der Waals surface area (Å²) < 4.78 is 53.6. The maximum absolute atomic E-state index is 12.7. The van der Waals surface area contributed by atoms with E-state index in [9.17, 15) is 18.0 Å². The Bertz CT molecular complexity index is 1190. The molecule has 3 atom stereocenters. The summed E-state index contributed by atoms with van der Waals surface area (Å²) in [4.78, 5) is 25.1. The van der Waals surface area contributed by atoms with Crippen LogP contribution in [0.3, 0.4) is 0 Å². The highest BCUT2D eigenvalue weighted by Gasteiger charge is 2.40. The number of aromatic nitrogens is 2. The summed E-state index contributed by atoms with van der Waals surface area (Å²) in [5, 5.41) is 3.26. The van der Waals surface area contributed by atoms with Crippen LogP contribution in [0.15, 0.2) is 30.5 Å². The quantitative estimate of drug-likeness (QED) is 0.387. The number of cyclic esters (lactones) is 1. The van der Waals surface area contributed by atoms with Crippen molar-refractivity contribution in [1.29, 1.82) is 0 Å². The van der Waals surface area contributed by atoms with Crippen LogP contribution in [0.1, 0.15) is 47.5 Å². The van der Waals surface area contributed by atoms with E-state index in [0.29, 0.717) is 30.5 Å². The van der Waals surface area contributed by atoms with Gasteiger partial charge < -0.3 is 24.4 Å². The van der Waals surface area contributed by atoms with Gasteiger partial charge in [0.2, 0.25) is 5.95 Å². The molecule has 1 aromatic heterocycles. The number of piperidine rings is 1. The number of rotatable bonds is 8. The van der Waals surface area contributed by atoms with Crippen molar-refractivity contribution in [2.75, 3.05) is 34.8 Å². The topological polar surface area (TPSA) is 89.1 Å². The molecule has 2 fully saturated rings. The summed E-state index contributed by atoms with van der Waals surface area (Å²) in [5.41, 5.74) is 0.239. The highest BCUT2D eigenvalue weighted by molar-refractivity contribution is 6.32. The summed E-state index contributed by atoms with van der Waals surface area (Å²) in [5.74, 6) is 0.675. The number of carbonyl (C=O) groups excluding carboxylic acids is 1. The maximum Gasteiger partial charge on any atom is 0.573 e. The van der Waals surface area contributed by atoms with Crippen LogP contribution in [0.25, 0.3) is 0 Å². The fourth-order valence-corrected chi connectivity index (χ4v) is 5.26. The maximum atomic E-state index is 12.7. The van der Waals surface area contributed by atoms with Gasteiger partial charge in [0.1, 0.15) is 24.2 Å². The van der Waals surface area contributed by atoms with Gasteiger partial charge in [-0.15, -0.1) is 13.2 Å². The zero-order valence-corrected chi connectivity index (χ0v) is 23.9. The molecule has 40 heavy (non-hydrogen) atoms. The second-order valence-corrected chi connectivity index (χ2v) is 11.5. The molecule has 1 N–H and O–H groups in total. The molecule has 0 radical (unpaired) electrons. The molecule has 0 spiro atoms. The van der Waals surface area contributed by atoms with E-state index in [-0.39, 0.29) is 41.3 Å². The van der Waals surface area contributed by atoms with E-state index in [2.05, 4.69) is 20.0 Å². The van der Waals surface area contributed by atoms with Crippen LogP contribution >= 0.6 is 11.6 Å². The van der Waals surface area contributed by atoms with Gasteiger partial charge in [0.15, 0.2) is 0 Å². The molecule has 9 nitrogen and oxygen atoms in total. The van der Waals surface area contributed by atoms with Crippen LogP contribution < -0.4 is 19.9 Å². The fraction of sp³-hybridized carbons (Fsp3) is 0.593. The molecule has 0 saturated carbocycles. The predicted octanol–water partition coefficient (Wildman–Crippen LogP) is 6.27. The Morgan fingerprint density at radius 3 is 2.50 bits per heavy atom. The van der Waals surface area contributed by atoms with E-state index in [1.165, 1.54) is 17.0 Å². The number of carbonyl (C=O) groups is 1. The smallest absolute Gasteiger partial charge is 0.447 e. The van der Waals surface area contributed by atoms with Crippen molar-refractivity contribution in [1.82, 2.24) is 9.97 Å². The molecular weight excluding hydrogens is 551 g/mol. The first-order chi connectivity index (χ1) is 18.7. The average molecular weight is 586 g/mol. The van der Waals surface area contributed by atoms with Gasteiger partial charge in [0.25, 0.3) is 0 Å². The minimum absolute atomic E-state index is 0.0104. The van der Waals surface area contributed by atoms with Crippen molar-refractivity contribution in [2.45, 2.75) is 77.6 Å². The third kappa shape index (κ3) is 7.60. The number of alkyl halides is 3. The summed E-state index contributed by atoms with van der Waals surface area (Å²) in [6, 6.07) is 5.77. The van der Waals surface area contributed by atoms with Crippen molar-refractivity contribution in [3.05, 3.63) is 35.5 Å². The van der Waals surface area contributed by atoms with Crippen molar-refractivity contribution < 1.29 is 32.2 Å². The van der Waals surface area contributed by atoms with Gasteiger partial charge in [-0.25, -0.2) is 9.78 Å². The third-order valence-corrected chi connectivity index (χ3v) is 7.30. The lowest BCUT2D eigenvalue weighted by Crippen LogP contribution is -2.45. The fourth-order valence-electron chi connectivity index (χ4n) is 5.10. The number of nitrogens with one attached hydrogen (secondary N) is 1. The second kappa shape index (κ2) is 11.9. The SMILES string of the molecule is C[C@H](Nc1nccc(N2C(=O)OCC2[C@@H](C)OC(C)(C)C)n1)C1CCN(c2ccc(Cl)c(OC(F)(F)F)c2)CC1. The van der Waals surface area contributed by atoms with Gasteiger partial charge in [-0.05, 0) is 71.6 Å². The first kappa shape index (κ1) is 30.0. The molecule has 2 aromatic rings. The lowest BCUT2D eigenvalue weighted by atomic mass is 9.90. The Balaban J connectivity index is 1.37. The predicted molar refractivity (Wildman–Crippen MR) is 146 cm³/mol. The highest BCUT2D eigenvalue weighted by atomic mass is 35.5. The minimum Gasteiger partial charge on any atom is -0.447 e. The highest BCUT2D eigenvalue weighted by Crippen LogP contribution is 2.35. The molecule has 13 heteroatoms. The Labute approximate surface area is 236 Å². The Morgan fingerprint density at radius 1 is 1.15 bits per heavy atom. The monoisotopic (exact) mass is 585 g/mol. The number of amides is 1. The van der Waals surface area contributed by atoms with Crippen molar-refractivity contribution in [3.8, 4) is 5.75 Å². The molecule has 4 rings (SSSR count). The lowest BCUT2D eigenvalue weighted by molar-refractivity contribution is -0.274. The standard InChI is InChI=1S/C27H35ClF3N5O4/c1-16(18-9-12-35(13-10-18)19-6-7-20(28)22(14-19)40-27(29,30)31)33-24-32-11-8-23(34-24)36-21(15-38-25(36)37)17(2)39-26(3,4)5/h6-8,11,14,16-18,21H,9-10,12-13,15H2,1-5H3,(H,32,33,34)/t16-,17+,21?/m0/s1. The van der Waals surface area contributed by atoms with Crippen LogP contribution in [0.5, 0.6) is 5.75 Å². The van der Waals surface area contributed by atoms with E-state index in [1.54, 1.807) is 18.3 Å². The van der Waals surface area contributed by atoms with Crippen LogP contribution in [0.2, 0.25) is 5.02 Å². The van der Waals surface area contributed by atoms with Gasteiger partial charge in [-0.3, -0.25) is 4.90 Å². The molecule has 3 heterocycles. The summed E-state index contributed by atoms with van der Waals surface area (Å²) in [6.45, 7) is 11.3. The van der Waals surface area contributed by atoms with E-state index in [1.807, 2.05) is 39.5 Å². The Morgan fingerprint density at radius 2 is 1.85 bits per heavy atom. The third-order valence-electron chi connectivity index (χ3n) is 6.98. The van der Waals surface area contributed by atoms with Gasteiger partial charge in [-0.1, -0.05) is 11.6 Å². The largest absolute Gasteiger partial charge is 0.573 e. The molecular formula is C27H35ClF3N5O4. The van der Waals surface area contributed by atoms with Crippen molar-refractivity contribution >= 4 is 35.1 Å². The molecule has 2 saturated heterocycles. The molecule has 220 valence electrons. The van der Waals surface area contributed by atoms with E-state index < -0.39 is 18.2 Å². The number of hydrogen-bond donors (Lipinski definition) is 1. The molecule has 2 aliphatic rings. The zero-order valence-electron chi connectivity index (χ0n) is 23.2. The number of halogens is 4. The molecule has 1 amide bonds. The van der Waals surface area contributed by atoms with E-state index >= 15 is 0 Å². The molecule has 2 aliphatic heterocycles. The second-order valence-electron chi connectivity index (χ2n) is 11.1. The van der Waals surface area contributed by atoms with Gasteiger partial charge in [0, 0.05) is 37.1 Å². The zero-order chi connectivity index (χ0) is 29.2. The summed E-state index contributed by atoms with van der Waals surface area (Å²) in [6.07, 6.45) is -2.38. The normalized spacial score (nSPS) is 20.3. The van der Waals surface area contributed by atoms with Crippen LogP contribution in [0, 0.1) is 5.92 Å². The number of hydrogen-bond acceptors (Lipinski definition) is 8. The Kier molecular flexibility index (Phi) is 8.89. The van der Waals surface area contributed by atoms with Gasteiger partial charge in [0.05, 0.1) is 16.7 Å². The van der Waals surface area contributed by atoms with Gasteiger partial charge in [-0.2, -0.15) is 4.98 Å². The van der Waals surface area contributed by atoms with E-state index in [0.717, 1.165) is 12.8 Å². The molecule has 0 bridgehead atoms. The van der Waals surface area contributed by atoms with E-state index in [4.69, 9.17) is 21.1 Å². The summed E-state index contributed by atoms with van der Waals surface area (Å²) >= 11 is 5.89. The number of ether oxygens (including phenoxy) is 3. The van der Waals surface area contributed by atoms with Crippen LogP contribution in [-0.2, 0) is 9.47 Å². The van der Waals surface area contributed by atoms with Crippen LogP contribution in [-0.4, -0.2) is 65.9 Å². The molecule has 0 aliphatic carbocycles. The van der Waals surface area contributed by atoms with Crippen molar-refractivity contribution in [3.63, 3.8) is 0 Å². The first-order valence-electron chi connectivity index (χ1n) is 13.2. The number of anilines is 3.